The van der Waals surface area contributed by atoms with Crippen molar-refractivity contribution in [1.82, 2.24) is 5.32 Å². The van der Waals surface area contributed by atoms with Crippen molar-refractivity contribution >= 4 is 17.9 Å². The van der Waals surface area contributed by atoms with Crippen LogP contribution in [0.4, 0.5) is 0 Å². The topological polar surface area (TPSA) is 58.6 Å². The molecule has 1 aromatic rings. The summed E-state index contributed by atoms with van der Waals surface area (Å²) in [6, 6.07) is 3.03. The number of carbonyl (C=O) groups is 1. The number of ether oxygens (including phenoxy) is 1. The third kappa shape index (κ3) is 4.73. The van der Waals surface area contributed by atoms with Gasteiger partial charge in [-0.05, 0) is 24.6 Å². The van der Waals surface area contributed by atoms with Gasteiger partial charge in [-0.3, -0.25) is 4.79 Å². The molecule has 1 aliphatic heterocycles. The maximum absolute atomic E-state index is 10.3. The van der Waals surface area contributed by atoms with Crippen molar-refractivity contribution in [3.8, 4) is 5.75 Å². The van der Waals surface area contributed by atoms with Gasteiger partial charge in [0.2, 0.25) is 0 Å². The van der Waals surface area contributed by atoms with E-state index in [0.29, 0.717) is 16.9 Å². The predicted octanol–water partition coefficient (Wildman–Crippen LogP) is 1.77. The summed E-state index contributed by atoms with van der Waals surface area (Å²) >= 11 is 5.63. The molecule has 0 saturated carbocycles. The van der Waals surface area contributed by atoms with E-state index in [0.717, 1.165) is 26.3 Å². The molecule has 2 rings (SSSR count). The zero-order valence-electron chi connectivity index (χ0n) is 9.70. The van der Waals surface area contributed by atoms with Gasteiger partial charge in [-0.2, -0.15) is 0 Å². The second-order valence-corrected chi connectivity index (χ2v) is 4.08. The number of hydrogen-bond donors (Lipinski definition) is 2. The molecule has 5 heteroatoms. The smallest absolute Gasteiger partial charge is 0.153 e. The minimum atomic E-state index is 0.00407. The van der Waals surface area contributed by atoms with Gasteiger partial charge in [0.05, 0.1) is 18.8 Å². The Morgan fingerprint density at radius 2 is 2.06 bits per heavy atom. The summed E-state index contributed by atoms with van der Waals surface area (Å²) in [5, 5.41) is 12.9. The predicted molar refractivity (Wildman–Crippen MR) is 66.9 cm³/mol. The van der Waals surface area contributed by atoms with Crippen molar-refractivity contribution in [3.05, 3.63) is 28.3 Å². The van der Waals surface area contributed by atoms with Crippen LogP contribution in [-0.2, 0) is 4.74 Å². The molecule has 1 aliphatic rings. The fourth-order valence-corrected chi connectivity index (χ4v) is 1.65. The van der Waals surface area contributed by atoms with Crippen molar-refractivity contribution in [2.45, 2.75) is 6.92 Å². The molecule has 0 spiro atoms. The number of nitrogens with one attached hydrogen (secondary N) is 1. The number of aryl methyl sites for hydroxylation is 1. The highest BCUT2D eigenvalue weighted by Gasteiger charge is 2.03. The molecule has 1 fully saturated rings. The Morgan fingerprint density at radius 1 is 1.41 bits per heavy atom. The standard InChI is InChI=1S/C8H7ClO2.C4H9NO/c1-5-2-7(9)3-6(4-10)8(5)11;1-3-6-4-2-5-1/h2-4,11H,1H3;5H,1-4H2. The number of carbonyl (C=O) groups excluding carboxylic acids is 1. The fraction of sp³-hybridized carbons (Fsp3) is 0.417. The van der Waals surface area contributed by atoms with E-state index in [9.17, 15) is 9.90 Å². The summed E-state index contributed by atoms with van der Waals surface area (Å²) in [5.41, 5.74) is 0.842. The molecule has 1 heterocycles. The number of rotatable bonds is 1. The number of morpholine rings is 1. The van der Waals surface area contributed by atoms with Crippen LogP contribution in [0.5, 0.6) is 5.75 Å². The Labute approximate surface area is 106 Å². The number of benzene rings is 1. The molecule has 17 heavy (non-hydrogen) atoms. The lowest BCUT2D eigenvalue weighted by atomic mass is 10.1. The number of halogens is 1. The summed E-state index contributed by atoms with van der Waals surface area (Å²) in [6.07, 6.45) is 0.578. The number of aldehydes is 1. The van der Waals surface area contributed by atoms with E-state index in [4.69, 9.17) is 16.3 Å². The monoisotopic (exact) mass is 257 g/mol. The van der Waals surface area contributed by atoms with E-state index in [2.05, 4.69) is 5.32 Å². The van der Waals surface area contributed by atoms with Crippen molar-refractivity contribution < 1.29 is 14.6 Å². The highest BCUT2D eigenvalue weighted by molar-refractivity contribution is 6.31. The first-order valence-electron chi connectivity index (χ1n) is 5.38. The van der Waals surface area contributed by atoms with Crippen LogP contribution >= 0.6 is 11.6 Å². The summed E-state index contributed by atoms with van der Waals surface area (Å²) in [7, 11) is 0. The molecule has 0 radical (unpaired) electrons. The van der Waals surface area contributed by atoms with E-state index in [1.165, 1.54) is 6.07 Å². The Bertz CT molecular complexity index is 367. The molecule has 0 aromatic heterocycles. The first kappa shape index (κ1) is 14.0. The van der Waals surface area contributed by atoms with Crippen molar-refractivity contribution in [2.75, 3.05) is 26.3 Å². The van der Waals surface area contributed by atoms with E-state index in [-0.39, 0.29) is 11.3 Å². The molecular weight excluding hydrogens is 242 g/mol. The Kier molecular flexibility index (Phi) is 5.97. The molecule has 1 saturated heterocycles. The molecule has 94 valence electrons. The molecule has 0 aliphatic carbocycles. The second kappa shape index (κ2) is 7.27. The van der Waals surface area contributed by atoms with Crippen LogP contribution in [0, 0.1) is 6.92 Å². The molecule has 0 amide bonds. The third-order valence-corrected chi connectivity index (χ3v) is 2.49. The summed E-state index contributed by atoms with van der Waals surface area (Å²) in [6.45, 7) is 5.52. The van der Waals surface area contributed by atoms with Crippen molar-refractivity contribution in [2.24, 2.45) is 0 Å². The van der Waals surface area contributed by atoms with E-state index in [1.54, 1.807) is 13.0 Å². The number of aromatic hydroxyl groups is 1. The van der Waals surface area contributed by atoms with Gasteiger partial charge in [-0.25, -0.2) is 0 Å². The average Bonchev–Trinajstić information content (AvgIpc) is 2.36. The van der Waals surface area contributed by atoms with E-state index >= 15 is 0 Å². The van der Waals surface area contributed by atoms with Crippen LogP contribution in [0.1, 0.15) is 15.9 Å². The van der Waals surface area contributed by atoms with Crippen molar-refractivity contribution in [3.63, 3.8) is 0 Å². The minimum absolute atomic E-state index is 0.00407. The molecule has 4 nitrogen and oxygen atoms in total. The molecule has 1 aromatic carbocycles. The Hall–Kier alpha value is -1.10. The minimum Gasteiger partial charge on any atom is -0.507 e. The summed E-state index contributed by atoms with van der Waals surface area (Å²) in [5.74, 6) is 0.00407. The van der Waals surface area contributed by atoms with Crippen LogP contribution in [0.3, 0.4) is 0 Å². The summed E-state index contributed by atoms with van der Waals surface area (Å²) < 4.78 is 5.01. The zero-order valence-corrected chi connectivity index (χ0v) is 10.5. The first-order chi connectivity index (χ1) is 8.15. The lowest BCUT2D eigenvalue weighted by Crippen LogP contribution is -2.30. The molecule has 0 bridgehead atoms. The second-order valence-electron chi connectivity index (χ2n) is 3.64. The number of hydrogen-bond acceptors (Lipinski definition) is 4. The lowest BCUT2D eigenvalue weighted by Gasteiger charge is -2.10. The first-order valence-corrected chi connectivity index (χ1v) is 5.75. The zero-order chi connectivity index (χ0) is 12.7. The van der Waals surface area contributed by atoms with E-state index in [1.807, 2.05) is 0 Å². The van der Waals surface area contributed by atoms with Gasteiger partial charge < -0.3 is 15.2 Å². The Morgan fingerprint density at radius 3 is 2.47 bits per heavy atom. The van der Waals surface area contributed by atoms with Crippen LogP contribution in [0.2, 0.25) is 5.02 Å². The van der Waals surface area contributed by atoms with Gasteiger partial charge >= 0.3 is 0 Å². The van der Waals surface area contributed by atoms with Crippen LogP contribution in [-0.4, -0.2) is 37.7 Å². The van der Waals surface area contributed by atoms with Gasteiger partial charge in [-0.1, -0.05) is 11.6 Å². The maximum atomic E-state index is 10.3. The average molecular weight is 258 g/mol. The maximum Gasteiger partial charge on any atom is 0.153 e. The van der Waals surface area contributed by atoms with E-state index < -0.39 is 0 Å². The number of phenols is 1. The summed E-state index contributed by atoms with van der Waals surface area (Å²) in [4.78, 5) is 10.3. The Balaban J connectivity index is 0.000000202. The number of phenolic OH excluding ortho intramolecular Hbond substituents is 1. The quantitative estimate of drug-likeness (QED) is 0.753. The van der Waals surface area contributed by atoms with Crippen LogP contribution in [0.25, 0.3) is 0 Å². The van der Waals surface area contributed by atoms with Gasteiger partial charge in [0, 0.05) is 18.1 Å². The molecule has 0 atom stereocenters. The normalized spacial score (nSPS) is 14.7. The third-order valence-electron chi connectivity index (χ3n) is 2.27. The van der Waals surface area contributed by atoms with Gasteiger partial charge in [0.25, 0.3) is 0 Å². The van der Waals surface area contributed by atoms with Crippen molar-refractivity contribution in [1.29, 1.82) is 0 Å². The molecule has 0 unspecified atom stereocenters. The lowest BCUT2D eigenvalue weighted by molar-refractivity contribution is 0.109. The van der Waals surface area contributed by atoms with Crippen LogP contribution < -0.4 is 5.32 Å². The highest BCUT2D eigenvalue weighted by Crippen LogP contribution is 2.24. The molecule has 2 N–H and O–H groups in total. The van der Waals surface area contributed by atoms with Gasteiger partial charge in [-0.15, -0.1) is 0 Å². The highest BCUT2D eigenvalue weighted by atomic mass is 35.5. The largest absolute Gasteiger partial charge is 0.507 e. The SMILES string of the molecule is C1COCCN1.Cc1cc(Cl)cc(C=O)c1O. The molecular formula is C12H16ClNO3. The van der Waals surface area contributed by atoms with Crippen LogP contribution in [0.15, 0.2) is 12.1 Å². The van der Waals surface area contributed by atoms with Gasteiger partial charge in [0.1, 0.15) is 5.75 Å². The fourth-order valence-electron chi connectivity index (χ4n) is 1.37. The van der Waals surface area contributed by atoms with Gasteiger partial charge in [0.15, 0.2) is 6.29 Å².